The van der Waals surface area contributed by atoms with Gasteiger partial charge < -0.3 is 25.4 Å². The minimum atomic E-state index is 0.0213. The molecule has 9 nitrogen and oxygen atoms in total. The predicted octanol–water partition coefficient (Wildman–Crippen LogP) is 3.51. The molecular weight excluding hydrogens is 444 g/mol. The number of anilines is 2. The van der Waals surface area contributed by atoms with Crippen LogP contribution < -0.4 is 11.1 Å². The van der Waals surface area contributed by atoms with Gasteiger partial charge in [-0.3, -0.25) is 4.79 Å². The molecule has 9 heteroatoms. The molecule has 2 aliphatic rings. The number of hydrogen-bond acceptors (Lipinski definition) is 8. The highest BCUT2D eigenvalue weighted by atomic mass is 16.5. The zero-order valence-corrected chi connectivity index (χ0v) is 20.1. The molecule has 1 aromatic carbocycles. The maximum Gasteiger partial charge on any atom is 0.254 e. The molecule has 0 radical (unpaired) electrons. The molecule has 3 aromatic rings. The molecule has 184 valence electrons. The topological polar surface area (TPSA) is 115 Å². The number of pyridine rings is 1. The first-order chi connectivity index (χ1) is 17.1. The number of ether oxygens (including phenoxy) is 2. The molecule has 0 spiro atoms. The number of nitrogens with two attached hydrogens (primary N) is 1. The second-order valence-electron chi connectivity index (χ2n) is 9.07. The largest absolute Gasteiger partial charge is 0.383 e. The Morgan fingerprint density at radius 2 is 1.86 bits per heavy atom. The molecule has 0 atom stereocenters. The van der Waals surface area contributed by atoms with Crippen molar-refractivity contribution in [3.05, 3.63) is 42.2 Å². The van der Waals surface area contributed by atoms with Gasteiger partial charge in [0.15, 0.2) is 0 Å². The van der Waals surface area contributed by atoms with Gasteiger partial charge in [0.05, 0.1) is 30.2 Å². The molecule has 1 saturated carbocycles. The Balaban J connectivity index is 1.37. The molecule has 3 heterocycles. The Hall–Kier alpha value is -3.30. The second-order valence-corrected chi connectivity index (χ2v) is 9.07. The van der Waals surface area contributed by atoms with Crippen molar-refractivity contribution in [2.24, 2.45) is 0 Å². The first-order valence-electron chi connectivity index (χ1n) is 12.4. The lowest BCUT2D eigenvalue weighted by atomic mass is 9.93. The summed E-state index contributed by atoms with van der Waals surface area (Å²) in [6, 6.07) is 7.89. The Morgan fingerprint density at radius 1 is 1.11 bits per heavy atom. The quantitative estimate of drug-likeness (QED) is 0.555. The molecule has 2 fully saturated rings. The lowest BCUT2D eigenvalue weighted by Gasteiger charge is -2.28. The van der Waals surface area contributed by atoms with Gasteiger partial charge >= 0.3 is 0 Å². The van der Waals surface area contributed by atoms with Crippen molar-refractivity contribution >= 4 is 28.6 Å². The maximum absolute atomic E-state index is 12.8. The third kappa shape index (κ3) is 5.21. The number of aromatic nitrogens is 3. The number of morpholine rings is 1. The summed E-state index contributed by atoms with van der Waals surface area (Å²) in [6.45, 7) is 5.20. The number of amides is 1. The standard InChI is InChI=1S/C26H32N6O3/c1-2-35-20-9-7-19(8-10-20)30-26-29-16-22-23(31-26)21(15-28-24(22)27)17-3-5-18(6-4-17)25(33)32-11-13-34-14-12-32/h3-6,15-16,19-20H,2,7-14H2,1H3,(H2,27,28)(H,29,30,31)/t19-,20-. The van der Waals surface area contributed by atoms with Crippen LogP contribution in [0.5, 0.6) is 0 Å². The van der Waals surface area contributed by atoms with Gasteiger partial charge in [0.25, 0.3) is 5.91 Å². The van der Waals surface area contributed by atoms with Crippen LogP contribution in [0.2, 0.25) is 0 Å². The van der Waals surface area contributed by atoms with Crippen molar-refractivity contribution in [1.29, 1.82) is 0 Å². The zero-order valence-electron chi connectivity index (χ0n) is 20.1. The van der Waals surface area contributed by atoms with Crippen LogP contribution in [0.15, 0.2) is 36.7 Å². The first kappa shape index (κ1) is 23.4. The molecule has 35 heavy (non-hydrogen) atoms. The van der Waals surface area contributed by atoms with E-state index < -0.39 is 0 Å². The van der Waals surface area contributed by atoms with E-state index in [0.29, 0.717) is 61.2 Å². The summed E-state index contributed by atoms with van der Waals surface area (Å²) >= 11 is 0. The van der Waals surface area contributed by atoms with Gasteiger partial charge in [-0.1, -0.05) is 12.1 Å². The number of benzene rings is 1. The van der Waals surface area contributed by atoms with Gasteiger partial charge in [-0.25, -0.2) is 15.0 Å². The third-order valence-corrected chi connectivity index (χ3v) is 6.80. The van der Waals surface area contributed by atoms with Crippen molar-refractivity contribution < 1.29 is 14.3 Å². The van der Waals surface area contributed by atoms with E-state index in [0.717, 1.165) is 48.9 Å². The number of carbonyl (C=O) groups is 1. The highest BCUT2D eigenvalue weighted by Crippen LogP contribution is 2.31. The van der Waals surface area contributed by atoms with Crippen molar-refractivity contribution in [3.63, 3.8) is 0 Å². The smallest absolute Gasteiger partial charge is 0.254 e. The molecule has 1 aliphatic carbocycles. The molecule has 3 N–H and O–H groups in total. The van der Waals surface area contributed by atoms with Crippen molar-refractivity contribution in [1.82, 2.24) is 19.9 Å². The molecule has 2 aromatic heterocycles. The van der Waals surface area contributed by atoms with Gasteiger partial charge in [-0.2, -0.15) is 0 Å². The average Bonchev–Trinajstić information content (AvgIpc) is 2.90. The molecule has 5 rings (SSSR count). The fraction of sp³-hybridized carbons (Fsp3) is 0.462. The fourth-order valence-corrected chi connectivity index (χ4v) is 4.85. The van der Waals surface area contributed by atoms with E-state index in [9.17, 15) is 4.79 Å². The Kier molecular flexibility index (Phi) is 7.06. The number of fused-ring (bicyclic) bond motifs is 1. The van der Waals surface area contributed by atoms with Crippen LogP contribution >= 0.6 is 0 Å². The normalized spacial score (nSPS) is 20.7. The zero-order chi connectivity index (χ0) is 24.2. The number of carbonyl (C=O) groups excluding carboxylic acids is 1. The number of hydrogen-bond donors (Lipinski definition) is 2. The summed E-state index contributed by atoms with van der Waals surface area (Å²) in [7, 11) is 0. The van der Waals surface area contributed by atoms with Crippen LogP contribution in [0.25, 0.3) is 22.0 Å². The minimum absolute atomic E-state index is 0.0213. The van der Waals surface area contributed by atoms with Crippen LogP contribution in [0, 0.1) is 0 Å². The Morgan fingerprint density at radius 3 is 2.57 bits per heavy atom. The summed E-state index contributed by atoms with van der Waals surface area (Å²) < 4.78 is 11.1. The predicted molar refractivity (Wildman–Crippen MR) is 135 cm³/mol. The monoisotopic (exact) mass is 476 g/mol. The van der Waals surface area contributed by atoms with Gasteiger partial charge in [0.1, 0.15) is 5.82 Å². The van der Waals surface area contributed by atoms with E-state index in [2.05, 4.69) is 15.3 Å². The highest BCUT2D eigenvalue weighted by Gasteiger charge is 2.22. The molecule has 0 bridgehead atoms. The first-order valence-corrected chi connectivity index (χ1v) is 12.4. The summed E-state index contributed by atoms with van der Waals surface area (Å²) in [5.41, 5.74) is 9.31. The molecule has 0 unspecified atom stereocenters. The lowest BCUT2D eigenvalue weighted by molar-refractivity contribution is 0.0303. The van der Waals surface area contributed by atoms with E-state index >= 15 is 0 Å². The molecular formula is C26H32N6O3. The SMILES string of the molecule is CCO[C@H]1CC[C@H](Nc2ncc3c(N)ncc(-c4ccc(C(=O)N5CCOCC5)cc4)c3n2)CC1. The average molecular weight is 477 g/mol. The van der Waals surface area contributed by atoms with E-state index in [1.807, 2.05) is 36.1 Å². The van der Waals surface area contributed by atoms with Crippen LogP contribution in [-0.4, -0.2) is 70.8 Å². The van der Waals surface area contributed by atoms with Gasteiger partial charge in [0.2, 0.25) is 5.95 Å². The van der Waals surface area contributed by atoms with E-state index in [-0.39, 0.29) is 5.91 Å². The van der Waals surface area contributed by atoms with Crippen LogP contribution in [0.3, 0.4) is 0 Å². The van der Waals surface area contributed by atoms with Gasteiger partial charge in [-0.15, -0.1) is 0 Å². The fourth-order valence-electron chi connectivity index (χ4n) is 4.85. The van der Waals surface area contributed by atoms with Crippen LogP contribution in [0.1, 0.15) is 43.0 Å². The lowest BCUT2D eigenvalue weighted by Crippen LogP contribution is -2.40. The Labute approximate surface area is 205 Å². The van der Waals surface area contributed by atoms with Crippen molar-refractivity contribution in [3.8, 4) is 11.1 Å². The number of rotatable bonds is 6. The van der Waals surface area contributed by atoms with E-state index in [4.69, 9.17) is 20.2 Å². The second kappa shape index (κ2) is 10.5. The maximum atomic E-state index is 12.8. The summed E-state index contributed by atoms with van der Waals surface area (Å²) in [4.78, 5) is 28.3. The number of nitrogen functional groups attached to an aromatic ring is 1. The number of nitrogens with zero attached hydrogens (tertiary/aromatic N) is 4. The van der Waals surface area contributed by atoms with E-state index in [1.54, 1.807) is 12.4 Å². The summed E-state index contributed by atoms with van der Waals surface area (Å²) in [5.74, 6) is 1.00. The minimum Gasteiger partial charge on any atom is -0.383 e. The number of nitrogens with one attached hydrogen (secondary N) is 1. The third-order valence-electron chi connectivity index (χ3n) is 6.80. The van der Waals surface area contributed by atoms with Crippen LogP contribution in [0.4, 0.5) is 11.8 Å². The highest BCUT2D eigenvalue weighted by molar-refractivity contribution is 5.99. The molecule has 1 amide bonds. The van der Waals surface area contributed by atoms with E-state index in [1.165, 1.54) is 0 Å². The van der Waals surface area contributed by atoms with Gasteiger partial charge in [-0.05, 0) is 50.3 Å². The van der Waals surface area contributed by atoms with Crippen molar-refractivity contribution in [2.45, 2.75) is 44.8 Å². The van der Waals surface area contributed by atoms with Crippen LogP contribution in [-0.2, 0) is 9.47 Å². The summed E-state index contributed by atoms with van der Waals surface area (Å²) in [6.07, 6.45) is 7.95. The Bertz CT molecular complexity index is 1170. The van der Waals surface area contributed by atoms with Crippen molar-refractivity contribution in [2.75, 3.05) is 44.0 Å². The molecule has 1 aliphatic heterocycles. The summed E-state index contributed by atoms with van der Waals surface area (Å²) in [5, 5.41) is 4.20. The molecule has 1 saturated heterocycles. The van der Waals surface area contributed by atoms with Gasteiger partial charge in [0, 0.05) is 49.3 Å².